The summed E-state index contributed by atoms with van der Waals surface area (Å²) in [5.41, 5.74) is 5.45. The average molecular weight is 417 g/mol. The van der Waals surface area contributed by atoms with E-state index in [0.717, 1.165) is 60.4 Å². The maximum atomic E-state index is 12.9. The molecule has 0 bridgehead atoms. The van der Waals surface area contributed by atoms with E-state index in [0.29, 0.717) is 0 Å². The molecule has 1 aromatic rings. The van der Waals surface area contributed by atoms with Crippen molar-refractivity contribution in [2.24, 2.45) is 5.41 Å². The lowest BCUT2D eigenvalue weighted by molar-refractivity contribution is -0.136. The van der Waals surface area contributed by atoms with Crippen LogP contribution in [-0.4, -0.2) is 30.1 Å². The van der Waals surface area contributed by atoms with Crippen LogP contribution in [-0.2, 0) is 22.4 Å². The molecule has 1 aliphatic rings. The second-order valence-electron chi connectivity index (χ2n) is 9.71. The van der Waals surface area contributed by atoms with Crippen LogP contribution >= 0.6 is 0 Å². The molecule has 5 heteroatoms. The normalized spacial score (nSPS) is 13.9. The summed E-state index contributed by atoms with van der Waals surface area (Å²) in [6, 6.07) is 0. The molecule has 0 aliphatic carbocycles. The zero-order valence-electron chi connectivity index (χ0n) is 19.8. The lowest BCUT2D eigenvalue weighted by atomic mass is 9.86. The van der Waals surface area contributed by atoms with Crippen LogP contribution in [0.2, 0.25) is 0 Å². The highest BCUT2D eigenvalue weighted by atomic mass is 16.4. The third-order valence-electron chi connectivity index (χ3n) is 6.21. The highest BCUT2D eigenvalue weighted by Crippen LogP contribution is 2.42. The Morgan fingerprint density at radius 1 is 1.07 bits per heavy atom. The van der Waals surface area contributed by atoms with Gasteiger partial charge < -0.3 is 15.3 Å². The molecule has 1 amide bonds. The fraction of sp³-hybridized carbons (Fsp3) is 0.680. The van der Waals surface area contributed by atoms with Gasteiger partial charge in [0.05, 0.1) is 17.8 Å². The fourth-order valence-corrected chi connectivity index (χ4v) is 4.33. The summed E-state index contributed by atoms with van der Waals surface area (Å²) in [5.74, 6) is -0.871. The molecule has 1 aliphatic heterocycles. The monoisotopic (exact) mass is 416 g/mol. The number of unbranched alkanes of at least 4 members (excludes halogenated alkanes) is 4. The Balaban J connectivity index is 2.48. The Bertz CT molecular complexity index is 778. The predicted octanol–water partition coefficient (Wildman–Crippen LogP) is 5.64. The van der Waals surface area contributed by atoms with Crippen molar-refractivity contribution in [3.8, 4) is 0 Å². The van der Waals surface area contributed by atoms with Crippen LogP contribution < -0.4 is 10.2 Å². The van der Waals surface area contributed by atoms with Gasteiger partial charge in [-0.25, -0.2) is 0 Å². The summed E-state index contributed by atoms with van der Waals surface area (Å²) < 4.78 is 0. The largest absolute Gasteiger partial charge is 0.481 e. The van der Waals surface area contributed by atoms with E-state index in [1.165, 1.54) is 31.2 Å². The molecule has 0 saturated carbocycles. The molecule has 2 N–H and O–H groups in total. The number of carboxylic acid groups (broad SMARTS) is 1. The Labute approximate surface area is 182 Å². The zero-order chi connectivity index (χ0) is 22.5. The first-order valence-electron chi connectivity index (χ1n) is 11.5. The number of carbonyl (C=O) groups excluding carboxylic acids is 1. The number of nitrogens with one attached hydrogen (secondary N) is 1. The van der Waals surface area contributed by atoms with E-state index < -0.39 is 11.4 Å². The van der Waals surface area contributed by atoms with Crippen molar-refractivity contribution >= 4 is 23.3 Å². The number of rotatable bonds is 9. The minimum Gasteiger partial charge on any atom is -0.481 e. The van der Waals surface area contributed by atoms with Crippen LogP contribution in [0.5, 0.6) is 0 Å². The summed E-state index contributed by atoms with van der Waals surface area (Å²) in [6.07, 6.45) is 8.12. The van der Waals surface area contributed by atoms with Crippen molar-refractivity contribution in [3.63, 3.8) is 0 Å². The first-order valence-corrected chi connectivity index (χ1v) is 11.5. The third kappa shape index (κ3) is 5.77. The Hall–Kier alpha value is -2.04. The molecule has 1 aromatic carbocycles. The van der Waals surface area contributed by atoms with Gasteiger partial charge in [-0.2, -0.15) is 0 Å². The fourth-order valence-electron chi connectivity index (χ4n) is 4.33. The van der Waals surface area contributed by atoms with Gasteiger partial charge in [-0.05, 0) is 55.4 Å². The molecule has 0 unspecified atom stereocenters. The van der Waals surface area contributed by atoms with Gasteiger partial charge in [0.15, 0.2) is 0 Å². The highest BCUT2D eigenvalue weighted by Gasteiger charge is 2.30. The van der Waals surface area contributed by atoms with E-state index in [-0.39, 0.29) is 12.3 Å². The second-order valence-corrected chi connectivity index (χ2v) is 9.71. The van der Waals surface area contributed by atoms with Crippen molar-refractivity contribution in [2.45, 2.75) is 92.9 Å². The van der Waals surface area contributed by atoms with Gasteiger partial charge in [0, 0.05) is 18.5 Å². The van der Waals surface area contributed by atoms with Crippen molar-refractivity contribution < 1.29 is 14.7 Å². The van der Waals surface area contributed by atoms with E-state index in [2.05, 4.69) is 17.1 Å². The molecule has 5 nitrogen and oxygen atoms in total. The maximum Gasteiger partial charge on any atom is 0.307 e. The van der Waals surface area contributed by atoms with Crippen LogP contribution in [0.15, 0.2) is 0 Å². The number of aliphatic carboxylic acids is 1. The summed E-state index contributed by atoms with van der Waals surface area (Å²) >= 11 is 0. The minimum atomic E-state index is -0.835. The molecule has 0 fully saturated rings. The smallest absolute Gasteiger partial charge is 0.307 e. The molecular weight excluding hydrogens is 376 g/mol. The highest BCUT2D eigenvalue weighted by molar-refractivity contribution is 6.00. The van der Waals surface area contributed by atoms with Crippen molar-refractivity contribution in [1.82, 2.24) is 0 Å². The van der Waals surface area contributed by atoms with Gasteiger partial charge >= 0.3 is 5.97 Å². The molecule has 0 radical (unpaired) electrons. The first kappa shape index (κ1) is 24.2. The summed E-state index contributed by atoms with van der Waals surface area (Å²) in [4.78, 5) is 26.8. The van der Waals surface area contributed by atoms with E-state index in [9.17, 15) is 14.7 Å². The van der Waals surface area contributed by atoms with Gasteiger partial charge in [-0.3, -0.25) is 9.59 Å². The van der Waals surface area contributed by atoms with Crippen LogP contribution in [0.3, 0.4) is 0 Å². The van der Waals surface area contributed by atoms with Crippen LogP contribution in [0.1, 0.15) is 88.5 Å². The van der Waals surface area contributed by atoms with Gasteiger partial charge in [0.1, 0.15) is 0 Å². The SMILES string of the molecule is CCCCCCCN1CCCc2c(C)c(CC(=O)O)c(C)c(NC(=O)C(C)(C)C)c21. The second kappa shape index (κ2) is 10.3. The van der Waals surface area contributed by atoms with E-state index in [1.54, 1.807) is 0 Å². The number of anilines is 2. The van der Waals surface area contributed by atoms with E-state index in [4.69, 9.17) is 0 Å². The number of hydrogen-bond acceptors (Lipinski definition) is 3. The number of nitrogens with zero attached hydrogens (tertiary/aromatic N) is 1. The first-order chi connectivity index (χ1) is 14.1. The predicted molar refractivity (Wildman–Crippen MR) is 125 cm³/mol. The number of fused-ring (bicyclic) bond motifs is 1. The lowest BCUT2D eigenvalue weighted by Crippen LogP contribution is -2.34. The summed E-state index contributed by atoms with van der Waals surface area (Å²) in [5, 5.41) is 12.6. The number of benzene rings is 1. The molecule has 30 heavy (non-hydrogen) atoms. The molecular formula is C25H40N2O3. The third-order valence-corrected chi connectivity index (χ3v) is 6.21. The summed E-state index contributed by atoms with van der Waals surface area (Å²) in [7, 11) is 0. The van der Waals surface area contributed by atoms with E-state index in [1.807, 2.05) is 34.6 Å². The molecule has 1 heterocycles. The summed E-state index contributed by atoms with van der Waals surface area (Å²) in [6.45, 7) is 13.9. The number of amides is 1. The average Bonchev–Trinajstić information content (AvgIpc) is 2.67. The quantitative estimate of drug-likeness (QED) is 0.511. The Morgan fingerprint density at radius 3 is 2.33 bits per heavy atom. The molecule has 0 aromatic heterocycles. The van der Waals surface area contributed by atoms with Crippen LogP contribution in [0.25, 0.3) is 0 Å². The lowest BCUT2D eigenvalue weighted by Gasteiger charge is -2.37. The number of carboxylic acids is 1. The molecule has 0 saturated heterocycles. The number of carbonyl (C=O) groups is 2. The van der Waals surface area contributed by atoms with Crippen LogP contribution in [0.4, 0.5) is 11.4 Å². The topological polar surface area (TPSA) is 69.6 Å². The molecule has 168 valence electrons. The molecule has 0 atom stereocenters. The van der Waals surface area contributed by atoms with Gasteiger partial charge in [0.2, 0.25) is 5.91 Å². The van der Waals surface area contributed by atoms with Gasteiger partial charge in [-0.1, -0.05) is 53.4 Å². The Morgan fingerprint density at radius 2 is 1.73 bits per heavy atom. The molecule has 2 rings (SSSR count). The standard InChI is InChI=1S/C25H40N2O3/c1-7-8-9-10-11-14-27-15-12-13-19-17(2)20(16-21(28)29)18(3)22(23(19)27)26-24(30)25(4,5)6/h7-16H2,1-6H3,(H,26,30)(H,28,29). The number of hydrogen-bond donors (Lipinski definition) is 2. The van der Waals surface area contributed by atoms with Gasteiger partial charge in [0.25, 0.3) is 0 Å². The zero-order valence-corrected chi connectivity index (χ0v) is 19.8. The van der Waals surface area contributed by atoms with E-state index >= 15 is 0 Å². The Kier molecular flexibility index (Phi) is 8.34. The van der Waals surface area contributed by atoms with Crippen molar-refractivity contribution in [3.05, 3.63) is 22.3 Å². The maximum absolute atomic E-state index is 12.9. The van der Waals surface area contributed by atoms with Crippen LogP contribution in [0, 0.1) is 19.3 Å². The minimum absolute atomic E-state index is 0.0135. The molecule has 0 spiro atoms. The van der Waals surface area contributed by atoms with Crippen molar-refractivity contribution in [1.29, 1.82) is 0 Å². The van der Waals surface area contributed by atoms with Crippen molar-refractivity contribution in [2.75, 3.05) is 23.3 Å². The van der Waals surface area contributed by atoms with Gasteiger partial charge in [-0.15, -0.1) is 0 Å².